The van der Waals surface area contributed by atoms with Crippen LogP contribution in [0.3, 0.4) is 0 Å². The second kappa shape index (κ2) is 3.58. The Labute approximate surface area is 80.4 Å². The average molecular weight is 206 g/mol. The number of rotatable bonds is 1. The zero-order chi connectivity index (χ0) is 10.1. The van der Waals surface area contributed by atoms with Gasteiger partial charge in [0.2, 0.25) is 0 Å². The van der Waals surface area contributed by atoms with E-state index < -0.39 is 9.84 Å². The molecule has 0 aromatic rings. The fourth-order valence-corrected chi connectivity index (χ4v) is 2.93. The van der Waals surface area contributed by atoms with Gasteiger partial charge in [-0.2, -0.15) is 0 Å². The van der Waals surface area contributed by atoms with Gasteiger partial charge in [-0.15, -0.1) is 0 Å². The lowest BCUT2D eigenvalue weighted by atomic mass is 10.1. The summed E-state index contributed by atoms with van der Waals surface area (Å²) in [4.78, 5) is 0. The van der Waals surface area contributed by atoms with Crippen LogP contribution in [0.5, 0.6) is 0 Å². The molecule has 0 aromatic carbocycles. The summed E-state index contributed by atoms with van der Waals surface area (Å²) in [6, 6.07) is 0. The van der Waals surface area contributed by atoms with Crippen molar-refractivity contribution < 1.29 is 13.2 Å². The summed E-state index contributed by atoms with van der Waals surface area (Å²) in [5.41, 5.74) is -0.161. The second-order valence-electron chi connectivity index (χ2n) is 4.58. The van der Waals surface area contributed by atoms with Gasteiger partial charge in [-0.25, -0.2) is 8.42 Å². The maximum Gasteiger partial charge on any atom is 0.150 e. The molecule has 0 aliphatic carbocycles. The van der Waals surface area contributed by atoms with Gasteiger partial charge in [-0.1, -0.05) is 0 Å². The third-order valence-electron chi connectivity index (χ3n) is 2.02. The standard InChI is InChI=1S/C9H18O3S/c1-9(2,3)12-8-4-6-13(10,11)7-5-8/h8H,4-7H2,1-3H3. The molecule has 1 heterocycles. The van der Waals surface area contributed by atoms with Crippen molar-refractivity contribution in [3.63, 3.8) is 0 Å². The molecule has 0 amide bonds. The van der Waals surface area contributed by atoms with Crippen LogP contribution >= 0.6 is 0 Å². The van der Waals surface area contributed by atoms with Gasteiger partial charge in [0.05, 0.1) is 23.2 Å². The first-order valence-corrected chi connectivity index (χ1v) is 6.49. The van der Waals surface area contributed by atoms with E-state index >= 15 is 0 Å². The molecule has 13 heavy (non-hydrogen) atoms. The summed E-state index contributed by atoms with van der Waals surface area (Å²) in [5.74, 6) is 0.571. The van der Waals surface area contributed by atoms with Crippen LogP contribution in [0.25, 0.3) is 0 Å². The summed E-state index contributed by atoms with van der Waals surface area (Å²) >= 11 is 0. The summed E-state index contributed by atoms with van der Waals surface area (Å²) in [5, 5.41) is 0. The van der Waals surface area contributed by atoms with Gasteiger partial charge < -0.3 is 4.74 Å². The van der Waals surface area contributed by atoms with E-state index in [1.54, 1.807) is 0 Å². The van der Waals surface area contributed by atoms with Gasteiger partial charge in [0.1, 0.15) is 0 Å². The summed E-state index contributed by atoms with van der Waals surface area (Å²) in [6.07, 6.45) is 1.43. The first kappa shape index (κ1) is 11.0. The molecule has 0 spiro atoms. The minimum Gasteiger partial charge on any atom is -0.373 e. The Kier molecular flexibility index (Phi) is 3.02. The molecular formula is C9H18O3S. The molecule has 0 N–H and O–H groups in total. The van der Waals surface area contributed by atoms with Gasteiger partial charge in [-0.3, -0.25) is 0 Å². The average Bonchev–Trinajstić information content (AvgIpc) is 1.91. The summed E-state index contributed by atoms with van der Waals surface area (Å²) < 4.78 is 27.9. The van der Waals surface area contributed by atoms with Crippen LogP contribution in [-0.4, -0.2) is 31.6 Å². The molecule has 1 aliphatic rings. The van der Waals surface area contributed by atoms with Crippen molar-refractivity contribution >= 4 is 9.84 Å². The van der Waals surface area contributed by atoms with E-state index in [4.69, 9.17) is 4.74 Å². The Bertz CT molecular complexity index is 247. The lowest BCUT2D eigenvalue weighted by Gasteiger charge is -2.29. The molecule has 78 valence electrons. The third-order valence-corrected chi connectivity index (χ3v) is 3.74. The van der Waals surface area contributed by atoms with Crippen LogP contribution < -0.4 is 0 Å². The van der Waals surface area contributed by atoms with Gasteiger partial charge in [0, 0.05) is 0 Å². The van der Waals surface area contributed by atoms with E-state index in [-0.39, 0.29) is 23.2 Å². The highest BCUT2D eigenvalue weighted by atomic mass is 32.2. The zero-order valence-corrected chi connectivity index (χ0v) is 9.36. The molecule has 3 nitrogen and oxygen atoms in total. The smallest absolute Gasteiger partial charge is 0.150 e. The quantitative estimate of drug-likeness (QED) is 0.651. The van der Waals surface area contributed by atoms with Crippen LogP contribution in [-0.2, 0) is 14.6 Å². The monoisotopic (exact) mass is 206 g/mol. The lowest BCUT2D eigenvalue weighted by Crippen LogP contribution is -2.34. The third kappa shape index (κ3) is 4.09. The predicted octanol–water partition coefficient (Wildman–Crippen LogP) is 1.38. The number of sulfone groups is 1. The highest BCUT2D eigenvalue weighted by Crippen LogP contribution is 2.20. The maximum atomic E-state index is 11.1. The van der Waals surface area contributed by atoms with Crippen molar-refractivity contribution in [1.82, 2.24) is 0 Å². The van der Waals surface area contributed by atoms with Crippen LogP contribution in [0.1, 0.15) is 33.6 Å². The Morgan fingerprint density at radius 1 is 1.15 bits per heavy atom. The van der Waals surface area contributed by atoms with E-state index in [1.807, 2.05) is 20.8 Å². The van der Waals surface area contributed by atoms with Crippen molar-refractivity contribution in [2.24, 2.45) is 0 Å². The first-order valence-electron chi connectivity index (χ1n) is 4.67. The van der Waals surface area contributed by atoms with Gasteiger partial charge >= 0.3 is 0 Å². The van der Waals surface area contributed by atoms with Crippen LogP contribution in [0.15, 0.2) is 0 Å². The normalized spacial score (nSPS) is 24.5. The second-order valence-corrected chi connectivity index (χ2v) is 6.89. The topological polar surface area (TPSA) is 43.4 Å². The molecule has 0 aromatic heterocycles. The Balaban J connectivity index is 2.43. The number of hydrogen-bond donors (Lipinski definition) is 0. The fraction of sp³-hybridized carbons (Fsp3) is 1.00. The largest absolute Gasteiger partial charge is 0.373 e. The van der Waals surface area contributed by atoms with Crippen molar-refractivity contribution in [3.05, 3.63) is 0 Å². The SMILES string of the molecule is CC(C)(C)OC1CCS(=O)(=O)CC1. The van der Waals surface area contributed by atoms with E-state index in [1.165, 1.54) is 0 Å². The molecular weight excluding hydrogens is 188 g/mol. The number of ether oxygens (including phenoxy) is 1. The summed E-state index contributed by atoms with van der Waals surface area (Å²) in [7, 11) is -2.75. The highest BCUT2D eigenvalue weighted by Gasteiger charge is 2.27. The van der Waals surface area contributed by atoms with Gasteiger partial charge in [-0.05, 0) is 33.6 Å². The molecule has 4 heteroatoms. The van der Waals surface area contributed by atoms with Crippen LogP contribution in [0, 0.1) is 0 Å². The van der Waals surface area contributed by atoms with Crippen LogP contribution in [0.4, 0.5) is 0 Å². The molecule has 1 saturated heterocycles. The zero-order valence-electron chi connectivity index (χ0n) is 8.54. The van der Waals surface area contributed by atoms with E-state index in [2.05, 4.69) is 0 Å². The van der Waals surface area contributed by atoms with Gasteiger partial charge in [0.25, 0.3) is 0 Å². The summed E-state index contributed by atoms with van der Waals surface area (Å²) in [6.45, 7) is 5.99. The van der Waals surface area contributed by atoms with Crippen molar-refractivity contribution in [3.8, 4) is 0 Å². The lowest BCUT2D eigenvalue weighted by molar-refractivity contribution is -0.0628. The van der Waals surface area contributed by atoms with Crippen molar-refractivity contribution in [2.75, 3.05) is 11.5 Å². The minimum atomic E-state index is -2.75. The van der Waals surface area contributed by atoms with E-state index in [0.717, 1.165) is 0 Å². The van der Waals surface area contributed by atoms with Crippen LogP contribution in [0.2, 0.25) is 0 Å². The maximum absolute atomic E-state index is 11.1. The Morgan fingerprint density at radius 3 is 2.00 bits per heavy atom. The minimum absolute atomic E-state index is 0.128. The molecule has 0 bridgehead atoms. The molecule has 0 radical (unpaired) electrons. The van der Waals surface area contributed by atoms with E-state index in [9.17, 15) is 8.42 Å². The van der Waals surface area contributed by atoms with Gasteiger partial charge in [0.15, 0.2) is 9.84 Å². The molecule has 0 unspecified atom stereocenters. The number of hydrogen-bond acceptors (Lipinski definition) is 3. The Hall–Kier alpha value is -0.0900. The predicted molar refractivity (Wildman–Crippen MR) is 52.5 cm³/mol. The Morgan fingerprint density at radius 2 is 1.62 bits per heavy atom. The fourth-order valence-electron chi connectivity index (χ4n) is 1.49. The molecule has 0 atom stereocenters. The highest BCUT2D eigenvalue weighted by molar-refractivity contribution is 7.91. The van der Waals surface area contributed by atoms with Crippen molar-refractivity contribution in [1.29, 1.82) is 0 Å². The molecule has 1 aliphatic heterocycles. The molecule has 1 rings (SSSR count). The molecule has 0 saturated carbocycles. The van der Waals surface area contributed by atoms with Crippen molar-refractivity contribution in [2.45, 2.75) is 45.3 Å². The first-order chi connectivity index (χ1) is 5.79. The molecule has 1 fully saturated rings. The van der Waals surface area contributed by atoms with E-state index in [0.29, 0.717) is 12.8 Å².